The average molecular weight is 340 g/mol. The van der Waals surface area contributed by atoms with E-state index in [2.05, 4.69) is 10.2 Å². The highest BCUT2D eigenvalue weighted by Gasteiger charge is 2.26. The molecule has 0 aliphatic carbocycles. The zero-order valence-electron chi connectivity index (χ0n) is 12.8. The fourth-order valence-corrected chi connectivity index (χ4v) is 3.38. The normalized spacial score (nSPS) is 13.8. The number of hydrogen-bond acceptors (Lipinski definition) is 3. The zero-order chi connectivity index (χ0) is 16.7. The first-order valence-electron chi connectivity index (χ1n) is 7.73. The summed E-state index contributed by atoms with van der Waals surface area (Å²) in [5.74, 6) is -0.217. The van der Waals surface area contributed by atoms with Gasteiger partial charge in [0.05, 0.1) is 5.39 Å². The molecule has 1 aliphatic rings. The Hall–Kier alpha value is -2.66. The summed E-state index contributed by atoms with van der Waals surface area (Å²) in [6, 6.07) is 12.5. The largest absolute Gasteiger partial charge is 0.307 e. The zero-order valence-corrected chi connectivity index (χ0v) is 13.5. The SMILES string of the molecule is O=C(c1n[nH]c(=O)c2ccccc12)N1CCCc2cc(Cl)ccc21. The number of rotatable bonds is 1. The number of carbonyl (C=O) groups excluding carboxylic acids is 1. The second-order valence-corrected chi connectivity index (χ2v) is 6.22. The molecule has 0 fully saturated rings. The van der Waals surface area contributed by atoms with Gasteiger partial charge in [-0.15, -0.1) is 0 Å². The van der Waals surface area contributed by atoms with Crippen molar-refractivity contribution in [2.75, 3.05) is 11.4 Å². The Bertz CT molecular complexity index is 1010. The first kappa shape index (κ1) is 14.9. The lowest BCUT2D eigenvalue weighted by molar-refractivity contribution is 0.0981. The van der Waals surface area contributed by atoms with Crippen molar-refractivity contribution in [1.29, 1.82) is 0 Å². The van der Waals surface area contributed by atoms with Crippen LogP contribution >= 0.6 is 11.6 Å². The number of anilines is 1. The maximum Gasteiger partial charge on any atom is 0.279 e. The molecule has 6 heteroatoms. The topological polar surface area (TPSA) is 66.1 Å². The van der Waals surface area contributed by atoms with E-state index in [0.717, 1.165) is 24.1 Å². The van der Waals surface area contributed by atoms with Crippen molar-refractivity contribution < 1.29 is 4.79 Å². The molecule has 2 aromatic carbocycles. The molecule has 0 saturated carbocycles. The number of hydrogen-bond donors (Lipinski definition) is 1. The average Bonchev–Trinajstić information content (AvgIpc) is 2.61. The molecule has 2 heterocycles. The van der Waals surface area contributed by atoms with E-state index in [4.69, 9.17) is 11.6 Å². The third-order valence-electron chi connectivity index (χ3n) is 4.30. The van der Waals surface area contributed by atoms with Gasteiger partial charge in [0.25, 0.3) is 11.5 Å². The van der Waals surface area contributed by atoms with E-state index >= 15 is 0 Å². The molecule has 0 spiro atoms. The van der Waals surface area contributed by atoms with E-state index < -0.39 is 0 Å². The summed E-state index contributed by atoms with van der Waals surface area (Å²) in [5, 5.41) is 8.13. The Morgan fingerprint density at radius 2 is 1.96 bits per heavy atom. The molecule has 1 aromatic heterocycles. The molecule has 1 N–H and O–H groups in total. The molecule has 120 valence electrons. The van der Waals surface area contributed by atoms with Crippen molar-refractivity contribution >= 4 is 34.0 Å². The van der Waals surface area contributed by atoms with Gasteiger partial charge in [-0.3, -0.25) is 9.59 Å². The van der Waals surface area contributed by atoms with Crippen LogP contribution in [0, 0.1) is 0 Å². The number of aromatic nitrogens is 2. The van der Waals surface area contributed by atoms with Gasteiger partial charge < -0.3 is 4.90 Å². The summed E-state index contributed by atoms with van der Waals surface area (Å²) in [6.45, 7) is 0.614. The molecule has 0 radical (unpaired) electrons. The highest BCUT2D eigenvalue weighted by molar-refractivity contribution is 6.30. The summed E-state index contributed by atoms with van der Waals surface area (Å²) >= 11 is 6.06. The highest BCUT2D eigenvalue weighted by Crippen LogP contribution is 2.31. The van der Waals surface area contributed by atoms with Crippen LogP contribution in [-0.4, -0.2) is 22.6 Å². The van der Waals surface area contributed by atoms with Crippen molar-refractivity contribution in [3.8, 4) is 0 Å². The minimum atomic E-state index is -0.298. The maximum atomic E-state index is 13.1. The minimum absolute atomic E-state index is 0.217. The van der Waals surface area contributed by atoms with E-state index in [9.17, 15) is 9.59 Å². The lowest BCUT2D eigenvalue weighted by Crippen LogP contribution is -2.36. The lowest BCUT2D eigenvalue weighted by atomic mass is 10.0. The smallest absolute Gasteiger partial charge is 0.279 e. The highest BCUT2D eigenvalue weighted by atomic mass is 35.5. The van der Waals surface area contributed by atoms with Crippen LogP contribution in [0.25, 0.3) is 10.8 Å². The van der Waals surface area contributed by atoms with Crippen LogP contribution in [0.4, 0.5) is 5.69 Å². The van der Waals surface area contributed by atoms with Crippen LogP contribution < -0.4 is 10.5 Å². The molecule has 4 rings (SSSR count). The predicted molar refractivity (Wildman–Crippen MR) is 93.8 cm³/mol. The van der Waals surface area contributed by atoms with E-state index in [0.29, 0.717) is 22.3 Å². The molecular formula is C18H14ClN3O2. The maximum absolute atomic E-state index is 13.1. The number of nitrogens with zero attached hydrogens (tertiary/aromatic N) is 2. The van der Waals surface area contributed by atoms with Crippen LogP contribution in [0.3, 0.4) is 0 Å². The first-order valence-corrected chi connectivity index (χ1v) is 8.10. The van der Waals surface area contributed by atoms with Crippen LogP contribution in [0.5, 0.6) is 0 Å². The van der Waals surface area contributed by atoms with Crippen molar-refractivity contribution in [3.63, 3.8) is 0 Å². The Morgan fingerprint density at radius 1 is 1.17 bits per heavy atom. The first-order chi connectivity index (χ1) is 11.6. The van der Waals surface area contributed by atoms with Crippen molar-refractivity contribution in [2.24, 2.45) is 0 Å². The number of carbonyl (C=O) groups is 1. The molecule has 0 saturated heterocycles. The van der Waals surface area contributed by atoms with Gasteiger partial charge in [0.15, 0.2) is 5.69 Å². The molecule has 1 amide bonds. The van der Waals surface area contributed by atoms with Crippen molar-refractivity contribution in [1.82, 2.24) is 10.2 Å². The fourth-order valence-electron chi connectivity index (χ4n) is 3.18. The Morgan fingerprint density at radius 3 is 2.79 bits per heavy atom. The Labute approximate surface area is 142 Å². The summed E-state index contributed by atoms with van der Waals surface area (Å²) in [5.41, 5.74) is 1.87. The van der Waals surface area contributed by atoms with E-state index in [1.165, 1.54) is 0 Å². The van der Waals surface area contributed by atoms with Gasteiger partial charge in [0.1, 0.15) is 0 Å². The fraction of sp³-hybridized carbons (Fsp3) is 0.167. The number of aryl methyl sites for hydroxylation is 1. The molecule has 5 nitrogen and oxygen atoms in total. The second kappa shape index (κ2) is 5.76. The minimum Gasteiger partial charge on any atom is -0.307 e. The second-order valence-electron chi connectivity index (χ2n) is 5.78. The number of fused-ring (bicyclic) bond motifs is 2. The summed E-state index contributed by atoms with van der Waals surface area (Å²) in [6.07, 6.45) is 1.75. The number of amides is 1. The third kappa shape index (κ3) is 2.37. The van der Waals surface area contributed by atoms with Gasteiger partial charge >= 0.3 is 0 Å². The van der Waals surface area contributed by atoms with Gasteiger partial charge in [-0.1, -0.05) is 29.8 Å². The van der Waals surface area contributed by atoms with Gasteiger partial charge in [-0.05, 0) is 42.7 Å². The number of nitrogens with one attached hydrogen (secondary N) is 1. The Kier molecular flexibility index (Phi) is 3.58. The molecule has 0 unspecified atom stereocenters. The van der Waals surface area contributed by atoms with Gasteiger partial charge in [0, 0.05) is 22.6 Å². The predicted octanol–water partition coefficient (Wildman–Crippen LogP) is 3.17. The summed E-state index contributed by atoms with van der Waals surface area (Å²) in [4.78, 5) is 26.7. The van der Waals surface area contributed by atoms with Crippen LogP contribution in [0.15, 0.2) is 47.3 Å². The molecule has 0 bridgehead atoms. The number of aromatic amines is 1. The summed E-state index contributed by atoms with van der Waals surface area (Å²) < 4.78 is 0. The van der Waals surface area contributed by atoms with Crippen LogP contribution in [0.1, 0.15) is 22.5 Å². The quantitative estimate of drug-likeness (QED) is 0.740. The molecular weight excluding hydrogens is 326 g/mol. The summed E-state index contributed by atoms with van der Waals surface area (Å²) in [7, 11) is 0. The lowest BCUT2D eigenvalue weighted by Gasteiger charge is -2.29. The molecule has 3 aromatic rings. The standard InChI is InChI=1S/C18H14ClN3O2/c19-12-7-8-15-11(10-12)4-3-9-22(15)18(24)16-13-5-1-2-6-14(13)17(23)21-20-16/h1-2,5-8,10H,3-4,9H2,(H,21,23). The van der Waals surface area contributed by atoms with Gasteiger partial charge in [0.2, 0.25) is 0 Å². The number of H-pyrrole nitrogens is 1. The van der Waals surface area contributed by atoms with Crippen molar-refractivity contribution in [2.45, 2.75) is 12.8 Å². The molecule has 24 heavy (non-hydrogen) atoms. The van der Waals surface area contributed by atoms with E-state index in [-0.39, 0.29) is 17.2 Å². The Balaban J connectivity index is 1.84. The molecule has 0 atom stereocenters. The van der Waals surface area contributed by atoms with Crippen LogP contribution in [-0.2, 0) is 6.42 Å². The third-order valence-corrected chi connectivity index (χ3v) is 4.54. The van der Waals surface area contributed by atoms with Gasteiger partial charge in [-0.2, -0.15) is 5.10 Å². The van der Waals surface area contributed by atoms with Crippen LogP contribution in [0.2, 0.25) is 5.02 Å². The van der Waals surface area contributed by atoms with Crippen molar-refractivity contribution in [3.05, 3.63) is 69.1 Å². The monoisotopic (exact) mass is 339 g/mol. The number of benzene rings is 2. The number of halogens is 1. The van der Waals surface area contributed by atoms with E-state index in [1.807, 2.05) is 12.1 Å². The van der Waals surface area contributed by atoms with E-state index in [1.54, 1.807) is 35.2 Å². The van der Waals surface area contributed by atoms with Gasteiger partial charge in [-0.25, -0.2) is 5.10 Å². The molecule has 1 aliphatic heterocycles.